The van der Waals surface area contributed by atoms with Crippen LogP contribution < -0.4 is 11.5 Å². The van der Waals surface area contributed by atoms with Crippen molar-refractivity contribution in [3.05, 3.63) is 11.9 Å². The van der Waals surface area contributed by atoms with Gasteiger partial charge in [0.2, 0.25) is 11.8 Å². The van der Waals surface area contributed by atoms with Gasteiger partial charge in [-0.05, 0) is 38.1 Å². The van der Waals surface area contributed by atoms with Crippen LogP contribution in [0.5, 0.6) is 0 Å². The predicted molar refractivity (Wildman–Crippen MR) is 98.0 cm³/mol. The molecule has 5 rings (SSSR count). The summed E-state index contributed by atoms with van der Waals surface area (Å²) in [6, 6.07) is 0.403. The third-order valence-corrected chi connectivity index (χ3v) is 6.60. The minimum absolute atomic E-state index is 0.0777. The summed E-state index contributed by atoms with van der Waals surface area (Å²) in [5, 5.41) is 8.22. The van der Waals surface area contributed by atoms with Gasteiger partial charge in [-0.3, -0.25) is 19.2 Å². The van der Waals surface area contributed by atoms with Gasteiger partial charge in [-0.15, -0.1) is 5.10 Å². The number of rotatable bonds is 5. The molecule has 2 bridgehead atoms. The quantitative estimate of drug-likeness (QED) is 0.692. The van der Waals surface area contributed by atoms with Gasteiger partial charge in [0.1, 0.15) is 0 Å². The highest BCUT2D eigenvalue weighted by molar-refractivity contribution is 5.81. The molecule has 148 valence electrons. The van der Waals surface area contributed by atoms with E-state index in [-0.39, 0.29) is 23.7 Å². The maximum absolute atomic E-state index is 13.1. The SMILES string of the molecule is NCc1cn(CC2CC3CCN2CC3C(=O)N2CCC(C(N)=O)CC2)nn1. The fraction of sp³-hybridized carbons (Fsp3) is 0.778. The molecule has 4 N–H and O–H groups in total. The van der Waals surface area contributed by atoms with Gasteiger partial charge in [-0.2, -0.15) is 0 Å². The molecule has 0 radical (unpaired) electrons. The van der Waals surface area contributed by atoms with Gasteiger partial charge >= 0.3 is 0 Å². The normalized spacial score (nSPS) is 31.2. The molecule has 27 heavy (non-hydrogen) atoms. The van der Waals surface area contributed by atoms with E-state index in [1.54, 1.807) is 0 Å². The second-order valence-electron chi connectivity index (χ2n) is 8.18. The highest BCUT2D eigenvalue weighted by atomic mass is 16.2. The Morgan fingerprint density at radius 3 is 2.56 bits per heavy atom. The summed E-state index contributed by atoms with van der Waals surface area (Å²) in [6.07, 6.45) is 5.40. The number of nitrogens with two attached hydrogens (primary N) is 2. The molecule has 1 aromatic rings. The average Bonchev–Trinajstić information content (AvgIpc) is 3.15. The molecule has 4 fully saturated rings. The maximum atomic E-state index is 13.1. The van der Waals surface area contributed by atoms with Gasteiger partial charge in [-0.25, -0.2) is 0 Å². The number of carbonyl (C=O) groups is 2. The van der Waals surface area contributed by atoms with E-state index in [2.05, 4.69) is 15.2 Å². The molecule has 5 heterocycles. The summed E-state index contributed by atoms with van der Waals surface area (Å²) < 4.78 is 1.87. The van der Waals surface area contributed by atoms with Crippen LogP contribution in [0.1, 0.15) is 31.4 Å². The van der Waals surface area contributed by atoms with E-state index in [0.717, 1.165) is 38.2 Å². The Morgan fingerprint density at radius 1 is 1.19 bits per heavy atom. The highest BCUT2D eigenvalue weighted by Crippen LogP contribution is 2.38. The molecule has 9 nitrogen and oxygen atoms in total. The fourth-order valence-corrected chi connectivity index (χ4v) is 4.96. The second kappa shape index (κ2) is 7.55. The van der Waals surface area contributed by atoms with Crippen molar-refractivity contribution < 1.29 is 9.59 Å². The lowest BCUT2D eigenvalue weighted by atomic mass is 9.74. The summed E-state index contributed by atoms with van der Waals surface area (Å²) in [4.78, 5) is 28.8. The van der Waals surface area contributed by atoms with Gasteiger partial charge < -0.3 is 16.4 Å². The maximum Gasteiger partial charge on any atom is 0.227 e. The Labute approximate surface area is 159 Å². The number of amides is 2. The van der Waals surface area contributed by atoms with Gasteiger partial charge in [0.25, 0.3) is 0 Å². The largest absolute Gasteiger partial charge is 0.369 e. The monoisotopic (exact) mass is 375 g/mol. The predicted octanol–water partition coefficient (Wildman–Crippen LogP) is -0.829. The van der Waals surface area contributed by atoms with E-state index in [0.29, 0.717) is 44.4 Å². The first kappa shape index (κ1) is 18.4. The second-order valence-corrected chi connectivity index (χ2v) is 8.18. The number of hydrogen-bond acceptors (Lipinski definition) is 6. The Morgan fingerprint density at radius 2 is 1.96 bits per heavy atom. The summed E-state index contributed by atoms with van der Waals surface area (Å²) in [6.45, 7) is 4.37. The van der Waals surface area contributed by atoms with Crippen molar-refractivity contribution >= 4 is 11.8 Å². The Kier molecular flexibility index (Phi) is 5.14. The van der Waals surface area contributed by atoms with E-state index in [1.165, 1.54) is 0 Å². The molecular formula is C18H29N7O2. The molecule has 4 aliphatic heterocycles. The van der Waals surface area contributed by atoms with Crippen LogP contribution in [0.3, 0.4) is 0 Å². The zero-order valence-electron chi connectivity index (χ0n) is 15.7. The molecule has 0 aliphatic carbocycles. The van der Waals surface area contributed by atoms with E-state index in [9.17, 15) is 9.59 Å². The van der Waals surface area contributed by atoms with Crippen LogP contribution in [0.4, 0.5) is 0 Å². The minimum Gasteiger partial charge on any atom is -0.369 e. The average molecular weight is 375 g/mol. The molecule has 4 aliphatic rings. The van der Waals surface area contributed by atoms with E-state index < -0.39 is 0 Å². The lowest BCUT2D eigenvalue weighted by Crippen LogP contribution is -2.59. The lowest BCUT2D eigenvalue weighted by molar-refractivity contribution is -0.146. The molecule has 4 saturated heterocycles. The molecule has 4 unspecified atom stereocenters. The van der Waals surface area contributed by atoms with Gasteiger partial charge in [0, 0.05) is 44.3 Å². The smallest absolute Gasteiger partial charge is 0.227 e. The van der Waals surface area contributed by atoms with Crippen LogP contribution in [-0.4, -0.2) is 68.8 Å². The van der Waals surface area contributed by atoms with Crippen LogP contribution in [0.15, 0.2) is 6.20 Å². The zero-order valence-corrected chi connectivity index (χ0v) is 15.7. The first-order valence-electron chi connectivity index (χ1n) is 9.96. The molecule has 1 aromatic heterocycles. The van der Waals surface area contributed by atoms with Crippen molar-refractivity contribution in [3.8, 4) is 0 Å². The Bertz CT molecular complexity index is 698. The minimum atomic E-state index is -0.237. The molecule has 0 spiro atoms. The molecule has 2 amide bonds. The highest BCUT2D eigenvalue weighted by Gasteiger charge is 2.45. The van der Waals surface area contributed by atoms with Crippen LogP contribution in [0.2, 0.25) is 0 Å². The summed E-state index contributed by atoms with van der Waals surface area (Å²) in [5.41, 5.74) is 11.8. The number of nitrogens with zero attached hydrogens (tertiary/aromatic N) is 5. The van der Waals surface area contributed by atoms with E-state index in [1.807, 2.05) is 15.8 Å². The van der Waals surface area contributed by atoms with Crippen LogP contribution >= 0.6 is 0 Å². The Balaban J connectivity index is 1.34. The molecular weight excluding hydrogens is 346 g/mol. The first-order valence-corrected chi connectivity index (χ1v) is 9.96. The number of piperidine rings is 4. The summed E-state index contributed by atoms with van der Waals surface area (Å²) in [7, 11) is 0. The zero-order chi connectivity index (χ0) is 19.0. The third-order valence-electron chi connectivity index (χ3n) is 6.60. The standard InChI is InChI=1S/C18H29N7O2/c19-8-14-9-25(22-21-14)10-15-7-13-3-6-24(15)11-16(13)18(27)23-4-1-12(2-5-23)17(20)26/h9,12-13,15-16H,1-8,10-11,19H2,(H2,20,26). The van der Waals surface area contributed by atoms with Crippen molar-refractivity contribution in [2.24, 2.45) is 29.2 Å². The van der Waals surface area contributed by atoms with Gasteiger partial charge in [0.05, 0.1) is 18.2 Å². The topological polar surface area (TPSA) is 123 Å². The van der Waals surface area contributed by atoms with Gasteiger partial charge in [0.15, 0.2) is 0 Å². The Hall–Kier alpha value is -2.00. The summed E-state index contributed by atoms with van der Waals surface area (Å²) >= 11 is 0. The molecule has 0 saturated carbocycles. The van der Waals surface area contributed by atoms with Crippen LogP contribution in [0, 0.1) is 17.8 Å². The first-order chi connectivity index (χ1) is 13.0. The number of carbonyl (C=O) groups excluding carboxylic acids is 2. The number of aromatic nitrogens is 3. The van der Waals surface area contributed by atoms with E-state index in [4.69, 9.17) is 11.5 Å². The number of likely N-dealkylation sites (tertiary alicyclic amines) is 1. The van der Waals surface area contributed by atoms with Crippen molar-refractivity contribution in [1.82, 2.24) is 24.8 Å². The van der Waals surface area contributed by atoms with E-state index >= 15 is 0 Å². The summed E-state index contributed by atoms with van der Waals surface area (Å²) in [5.74, 6) is 0.455. The van der Waals surface area contributed by atoms with Crippen LogP contribution in [0.25, 0.3) is 0 Å². The van der Waals surface area contributed by atoms with Gasteiger partial charge in [-0.1, -0.05) is 5.21 Å². The van der Waals surface area contributed by atoms with Crippen molar-refractivity contribution in [2.45, 2.75) is 44.8 Å². The number of primary amides is 1. The lowest BCUT2D eigenvalue weighted by Gasteiger charge is -2.50. The van der Waals surface area contributed by atoms with Crippen LogP contribution in [-0.2, 0) is 22.7 Å². The molecule has 0 aromatic carbocycles. The van der Waals surface area contributed by atoms with Crippen molar-refractivity contribution in [1.29, 1.82) is 0 Å². The number of hydrogen-bond donors (Lipinski definition) is 2. The number of fused-ring (bicyclic) bond motifs is 3. The van der Waals surface area contributed by atoms with Crippen molar-refractivity contribution in [2.75, 3.05) is 26.2 Å². The third kappa shape index (κ3) is 3.70. The molecule has 9 heteroatoms. The fourth-order valence-electron chi connectivity index (χ4n) is 4.96. The van der Waals surface area contributed by atoms with Crippen molar-refractivity contribution in [3.63, 3.8) is 0 Å². The molecule has 4 atom stereocenters.